The second kappa shape index (κ2) is 6.87. The first-order valence-corrected chi connectivity index (χ1v) is 9.04. The van der Waals surface area contributed by atoms with Crippen LogP contribution in [-0.2, 0) is 17.8 Å². The molecule has 2 aromatic carbocycles. The number of aromatic carboxylic acids is 1. The van der Waals surface area contributed by atoms with Crippen molar-refractivity contribution >= 4 is 17.8 Å². The van der Waals surface area contributed by atoms with E-state index in [1.54, 1.807) is 17.0 Å². The number of nitrogens with one attached hydrogen (secondary N) is 1. The van der Waals surface area contributed by atoms with Crippen LogP contribution in [-0.4, -0.2) is 39.9 Å². The summed E-state index contributed by atoms with van der Waals surface area (Å²) < 4.78 is 0. The molecule has 0 bridgehead atoms. The standard InChI is InChI=1S/C21H20N2O4/c24-19(22-17-8-9-17)18-11-13-4-1-2-5-16(13)12-23(18)20(25)14-6-3-7-15(10-14)21(26)27/h1-7,10,17-18H,8-9,11-12H2,(H,22,24)(H,26,27)/t18-/m0/s1. The van der Waals surface area contributed by atoms with E-state index in [2.05, 4.69) is 5.32 Å². The first kappa shape index (κ1) is 17.3. The van der Waals surface area contributed by atoms with Crippen LogP contribution in [0.3, 0.4) is 0 Å². The number of amides is 2. The third kappa shape index (κ3) is 3.56. The van der Waals surface area contributed by atoms with Crippen molar-refractivity contribution < 1.29 is 19.5 Å². The van der Waals surface area contributed by atoms with Crippen LogP contribution in [0.1, 0.15) is 44.7 Å². The maximum Gasteiger partial charge on any atom is 0.335 e. The Kier molecular flexibility index (Phi) is 4.39. The lowest BCUT2D eigenvalue weighted by molar-refractivity contribution is -0.126. The fourth-order valence-electron chi connectivity index (χ4n) is 3.45. The minimum absolute atomic E-state index is 0.0530. The summed E-state index contributed by atoms with van der Waals surface area (Å²) in [5.41, 5.74) is 2.41. The average molecular weight is 364 g/mol. The zero-order chi connectivity index (χ0) is 19.0. The monoisotopic (exact) mass is 364 g/mol. The third-order valence-corrected chi connectivity index (χ3v) is 5.09. The molecule has 2 aliphatic rings. The molecular formula is C21H20N2O4. The predicted molar refractivity (Wildman–Crippen MR) is 98.4 cm³/mol. The molecule has 6 nitrogen and oxygen atoms in total. The summed E-state index contributed by atoms with van der Waals surface area (Å²) in [7, 11) is 0. The quantitative estimate of drug-likeness (QED) is 0.871. The molecule has 1 heterocycles. The Hall–Kier alpha value is -3.15. The Morgan fingerprint density at radius 3 is 2.37 bits per heavy atom. The molecule has 138 valence electrons. The lowest BCUT2D eigenvalue weighted by Gasteiger charge is -2.36. The average Bonchev–Trinajstić information content (AvgIpc) is 3.50. The minimum atomic E-state index is -1.09. The van der Waals surface area contributed by atoms with Crippen molar-refractivity contribution in [3.05, 3.63) is 70.8 Å². The van der Waals surface area contributed by atoms with Gasteiger partial charge in [0.25, 0.3) is 5.91 Å². The van der Waals surface area contributed by atoms with E-state index >= 15 is 0 Å². The van der Waals surface area contributed by atoms with Gasteiger partial charge in [-0.3, -0.25) is 9.59 Å². The number of nitrogens with zero attached hydrogens (tertiary/aromatic N) is 1. The van der Waals surface area contributed by atoms with Gasteiger partial charge in [-0.15, -0.1) is 0 Å². The van der Waals surface area contributed by atoms with E-state index in [0.717, 1.165) is 24.0 Å². The third-order valence-electron chi connectivity index (χ3n) is 5.09. The second-order valence-corrected chi connectivity index (χ2v) is 7.09. The topological polar surface area (TPSA) is 86.7 Å². The maximum atomic E-state index is 13.2. The summed E-state index contributed by atoms with van der Waals surface area (Å²) >= 11 is 0. The number of carbonyl (C=O) groups is 3. The van der Waals surface area contributed by atoms with Crippen molar-refractivity contribution in [1.29, 1.82) is 0 Å². The Bertz CT molecular complexity index is 920. The summed E-state index contributed by atoms with van der Waals surface area (Å²) in [6, 6.07) is 13.3. The molecule has 0 aromatic heterocycles. The van der Waals surface area contributed by atoms with Crippen molar-refractivity contribution in [2.75, 3.05) is 0 Å². The van der Waals surface area contributed by atoms with Gasteiger partial charge in [-0.05, 0) is 42.2 Å². The SMILES string of the molecule is O=C(O)c1cccc(C(=O)N2Cc3ccccc3C[C@H]2C(=O)NC2CC2)c1. The highest BCUT2D eigenvalue weighted by atomic mass is 16.4. The highest BCUT2D eigenvalue weighted by Gasteiger charge is 2.37. The van der Waals surface area contributed by atoms with E-state index in [1.807, 2.05) is 24.3 Å². The van der Waals surface area contributed by atoms with Gasteiger partial charge >= 0.3 is 5.97 Å². The molecular weight excluding hydrogens is 344 g/mol. The fraction of sp³-hybridized carbons (Fsp3) is 0.286. The lowest BCUT2D eigenvalue weighted by atomic mass is 9.92. The Morgan fingerprint density at radius 2 is 1.67 bits per heavy atom. The Balaban J connectivity index is 1.66. The number of carboxylic acid groups (broad SMARTS) is 1. The zero-order valence-electron chi connectivity index (χ0n) is 14.7. The smallest absolute Gasteiger partial charge is 0.335 e. The molecule has 2 N–H and O–H groups in total. The van der Waals surface area contributed by atoms with Crippen LogP contribution in [0.2, 0.25) is 0 Å². The van der Waals surface area contributed by atoms with Crippen molar-refractivity contribution in [2.45, 2.75) is 37.9 Å². The molecule has 1 atom stereocenters. The lowest BCUT2D eigenvalue weighted by Crippen LogP contribution is -2.53. The Morgan fingerprint density at radius 1 is 0.963 bits per heavy atom. The van der Waals surface area contributed by atoms with Gasteiger partial charge < -0.3 is 15.3 Å². The van der Waals surface area contributed by atoms with Crippen LogP contribution in [0.4, 0.5) is 0 Å². The van der Waals surface area contributed by atoms with E-state index in [4.69, 9.17) is 0 Å². The van der Waals surface area contributed by atoms with Gasteiger partial charge in [-0.1, -0.05) is 30.3 Å². The predicted octanol–water partition coefficient (Wildman–Crippen LogP) is 2.23. The highest BCUT2D eigenvalue weighted by molar-refractivity contribution is 6.00. The number of rotatable bonds is 4. The molecule has 1 fully saturated rings. The molecule has 4 rings (SSSR count). The molecule has 2 amide bonds. The van der Waals surface area contributed by atoms with Crippen molar-refractivity contribution in [2.24, 2.45) is 0 Å². The molecule has 1 aliphatic carbocycles. The maximum absolute atomic E-state index is 13.2. The van der Waals surface area contributed by atoms with Gasteiger partial charge in [0.05, 0.1) is 5.56 Å². The van der Waals surface area contributed by atoms with E-state index in [9.17, 15) is 19.5 Å². The largest absolute Gasteiger partial charge is 0.478 e. The molecule has 27 heavy (non-hydrogen) atoms. The Labute approximate surface area is 156 Å². The van der Waals surface area contributed by atoms with Crippen LogP contribution >= 0.6 is 0 Å². The van der Waals surface area contributed by atoms with Crippen molar-refractivity contribution in [3.8, 4) is 0 Å². The highest BCUT2D eigenvalue weighted by Crippen LogP contribution is 2.27. The molecule has 0 spiro atoms. The molecule has 2 aromatic rings. The molecule has 1 aliphatic heterocycles. The van der Waals surface area contributed by atoms with Crippen molar-refractivity contribution in [3.63, 3.8) is 0 Å². The molecule has 0 unspecified atom stereocenters. The summed E-state index contributed by atoms with van der Waals surface area (Å²) in [5.74, 6) is -1.56. The number of carbonyl (C=O) groups excluding carboxylic acids is 2. The van der Waals surface area contributed by atoms with Gasteiger partial charge in [0.1, 0.15) is 6.04 Å². The first-order valence-electron chi connectivity index (χ1n) is 9.04. The summed E-state index contributed by atoms with van der Waals surface area (Å²) in [6.07, 6.45) is 2.41. The fourth-order valence-corrected chi connectivity index (χ4v) is 3.45. The summed E-state index contributed by atoms with van der Waals surface area (Å²) in [5, 5.41) is 12.2. The van der Waals surface area contributed by atoms with Crippen LogP contribution in [0.5, 0.6) is 0 Å². The summed E-state index contributed by atoms with van der Waals surface area (Å²) in [4.78, 5) is 38.7. The first-order chi connectivity index (χ1) is 13.0. The minimum Gasteiger partial charge on any atom is -0.478 e. The van der Waals surface area contributed by atoms with E-state index in [0.29, 0.717) is 13.0 Å². The van der Waals surface area contributed by atoms with Gasteiger partial charge in [-0.2, -0.15) is 0 Å². The van der Waals surface area contributed by atoms with E-state index in [1.165, 1.54) is 12.1 Å². The van der Waals surface area contributed by atoms with E-state index in [-0.39, 0.29) is 29.0 Å². The normalized spacial score (nSPS) is 18.5. The number of fused-ring (bicyclic) bond motifs is 1. The van der Waals surface area contributed by atoms with E-state index < -0.39 is 12.0 Å². The number of hydrogen-bond acceptors (Lipinski definition) is 3. The van der Waals surface area contributed by atoms with Gasteiger partial charge in [-0.25, -0.2) is 4.79 Å². The zero-order valence-corrected chi connectivity index (χ0v) is 14.7. The number of hydrogen-bond donors (Lipinski definition) is 2. The number of carboxylic acids is 1. The van der Waals surface area contributed by atoms with Gasteiger partial charge in [0.15, 0.2) is 0 Å². The van der Waals surface area contributed by atoms with Crippen molar-refractivity contribution in [1.82, 2.24) is 10.2 Å². The molecule has 0 radical (unpaired) electrons. The van der Waals surface area contributed by atoms with Crippen LogP contribution < -0.4 is 5.32 Å². The number of benzene rings is 2. The molecule has 6 heteroatoms. The van der Waals surface area contributed by atoms with Gasteiger partial charge in [0.2, 0.25) is 5.91 Å². The van der Waals surface area contributed by atoms with Crippen LogP contribution in [0.25, 0.3) is 0 Å². The molecule has 0 saturated heterocycles. The van der Waals surface area contributed by atoms with Crippen LogP contribution in [0.15, 0.2) is 48.5 Å². The summed E-state index contributed by atoms with van der Waals surface area (Å²) in [6.45, 7) is 0.328. The molecule has 1 saturated carbocycles. The van der Waals surface area contributed by atoms with Crippen LogP contribution in [0, 0.1) is 0 Å². The second-order valence-electron chi connectivity index (χ2n) is 7.09. The van der Waals surface area contributed by atoms with Gasteiger partial charge in [0, 0.05) is 24.6 Å².